The van der Waals surface area contributed by atoms with Crippen LogP contribution in [0.1, 0.15) is 73.4 Å². The van der Waals surface area contributed by atoms with Crippen molar-refractivity contribution in [2.24, 2.45) is 34.5 Å². The molecular weight excluding hydrogens is 594 g/mol. The quantitative estimate of drug-likeness (QED) is 0.226. The Morgan fingerprint density at radius 1 is 0.578 bits per heavy atom. The van der Waals surface area contributed by atoms with Gasteiger partial charge in [-0.1, -0.05) is 138 Å². The minimum absolute atomic E-state index is 0. The van der Waals surface area contributed by atoms with E-state index >= 15 is 0 Å². The van der Waals surface area contributed by atoms with Crippen molar-refractivity contribution in [1.29, 1.82) is 0 Å². The second-order valence-corrected chi connectivity index (χ2v) is 20.4. The largest absolute Gasteiger partial charge is 4.00 e. The standard InChI is InChI=1S/C27H44NSi.2C7H7.CH3.Ti/c1-25(2,3)18-12-14-20-22(16-18)23-17-19(26(4,5)6)13-15-21(23)24(20)29(10,11)28-27(7,8)9;2*1-7-5-3-2-4-6-7;;/h12-17,20-24H,1-11H3;2*2-6H,1H2;1H3;/q4*-1;+4. The third-order valence-corrected chi connectivity index (χ3v) is 12.4. The minimum atomic E-state index is -1.79. The van der Waals surface area contributed by atoms with Gasteiger partial charge in [0.25, 0.3) is 0 Å². The number of rotatable bonds is 2. The molecule has 0 aromatic heterocycles. The number of allylic oxidation sites excluding steroid dienone is 8. The van der Waals surface area contributed by atoms with Crippen molar-refractivity contribution in [2.75, 3.05) is 0 Å². The second-order valence-electron chi connectivity index (χ2n) is 16.2. The van der Waals surface area contributed by atoms with Crippen LogP contribution in [0.25, 0.3) is 4.98 Å². The van der Waals surface area contributed by atoms with Crippen LogP contribution in [0.15, 0.2) is 108 Å². The van der Waals surface area contributed by atoms with Crippen molar-refractivity contribution in [2.45, 2.75) is 86.5 Å². The Balaban J connectivity index is 0.000000519. The number of hydrogen-bond acceptors (Lipinski definition) is 0. The van der Waals surface area contributed by atoms with Crippen molar-refractivity contribution >= 4 is 8.24 Å². The molecule has 0 radical (unpaired) electrons. The van der Waals surface area contributed by atoms with E-state index in [0.717, 1.165) is 11.1 Å². The summed E-state index contributed by atoms with van der Waals surface area (Å²) in [5, 5.41) is 0. The van der Waals surface area contributed by atoms with Gasteiger partial charge >= 0.3 is 21.7 Å². The molecule has 3 aliphatic carbocycles. The SMILES string of the molecule is CC(C)(C)[N-][Si](C)(C)C1C2C=CC(C(C)(C)C)=CC2C2C=C(C(C)(C)C)C=CC21.[CH2-]c1ccccc1.[CH2-]c1ccccc1.[CH3-].[Ti+4]. The van der Waals surface area contributed by atoms with Crippen molar-refractivity contribution in [3.05, 3.63) is 146 Å². The summed E-state index contributed by atoms with van der Waals surface area (Å²) >= 11 is 0. The molecule has 4 atom stereocenters. The summed E-state index contributed by atoms with van der Waals surface area (Å²) in [7, 11) is -1.79. The first-order valence-electron chi connectivity index (χ1n) is 16.1. The summed E-state index contributed by atoms with van der Waals surface area (Å²) < 4.78 is 0. The van der Waals surface area contributed by atoms with Crippen molar-refractivity contribution in [1.82, 2.24) is 0 Å². The fraction of sp³-hybridized carbons (Fsp3) is 0.452. The molecule has 5 rings (SSSR count). The first-order valence-corrected chi connectivity index (χ1v) is 19.1. The molecule has 0 amide bonds. The number of hydrogen-bond donors (Lipinski definition) is 0. The molecule has 2 aromatic rings. The van der Waals surface area contributed by atoms with Gasteiger partial charge < -0.3 is 12.4 Å². The Hall–Kier alpha value is -1.97. The average Bonchev–Trinajstić information content (AvgIpc) is 3.22. The van der Waals surface area contributed by atoms with Crippen molar-refractivity contribution in [3.63, 3.8) is 0 Å². The Bertz CT molecular complexity index is 1210. The van der Waals surface area contributed by atoms with E-state index in [4.69, 9.17) is 4.98 Å². The fourth-order valence-corrected chi connectivity index (χ4v) is 11.4. The number of nitrogens with zero attached hydrogens (tertiary/aromatic N) is 1. The molecule has 0 bridgehead atoms. The zero-order valence-corrected chi connectivity index (χ0v) is 33.0. The van der Waals surface area contributed by atoms with E-state index in [1.807, 2.05) is 60.7 Å². The van der Waals surface area contributed by atoms with Crippen LogP contribution < -0.4 is 0 Å². The van der Waals surface area contributed by atoms with Gasteiger partial charge in [-0.05, 0) is 45.6 Å². The zero-order valence-electron chi connectivity index (χ0n) is 30.5. The molecule has 45 heavy (non-hydrogen) atoms. The number of benzene rings is 2. The molecule has 0 saturated heterocycles. The Labute approximate surface area is 295 Å². The van der Waals surface area contributed by atoms with Gasteiger partial charge in [0.1, 0.15) is 0 Å². The van der Waals surface area contributed by atoms with Gasteiger partial charge in [-0.3, -0.25) is 0 Å². The van der Waals surface area contributed by atoms with E-state index in [0.29, 0.717) is 29.2 Å². The van der Waals surface area contributed by atoms with E-state index in [9.17, 15) is 0 Å². The normalized spacial score (nSPS) is 23.7. The van der Waals surface area contributed by atoms with Crippen LogP contribution in [-0.4, -0.2) is 13.8 Å². The molecule has 4 unspecified atom stereocenters. The fourth-order valence-electron chi connectivity index (χ4n) is 6.98. The molecule has 3 heteroatoms. The van der Waals surface area contributed by atoms with Crippen LogP contribution in [0, 0.1) is 55.8 Å². The summed E-state index contributed by atoms with van der Waals surface area (Å²) in [6.45, 7) is 33.4. The van der Waals surface area contributed by atoms with Crippen molar-refractivity contribution in [3.8, 4) is 0 Å². The molecular formula is C42H61NSiTi. The minimum Gasteiger partial charge on any atom is -0.660 e. The van der Waals surface area contributed by atoms with Crippen molar-refractivity contribution < 1.29 is 21.7 Å². The molecule has 242 valence electrons. The molecule has 1 nitrogen and oxygen atoms in total. The van der Waals surface area contributed by atoms with Crippen LogP contribution in [0.3, 0.4) is 0 Å². The Kier molecular flexibility index (Phi) is 14.8. The maximum Gasteiger partial charge on any atom is 4.00 e. The summed E-state index contributed by atoms with van der Waals surface area (Å²) in [6.07, 6.45) is 15.3. The monoisotopic (exact) mass is 655 g/mol. The van der Waals surface area contributed by atoms with Gasteiger partial charge in [0.2, 0.25) is 0 Å². The number of fused-ring (bicyclic) bond motifs is 3. The summed E-state index contributed by atoms with van der Waals surface area (Å²) in [4.78, 5) is 5.47. The van der Waals surface area contributed by atoms with E-state index < -0.39 is 8.24 Å². The maximum absolute atomic E-state index is 5.47. The molecule has 0 heterocycles. The van der Waals surface area contributed by atoms with Crippen LogP contribution >= 0.6 is 0 Å². The van der Waals surface area contributed by atoms with Gasteiger partial charge in [-0.25, -0.2) is 0 Å². The molecule has 1 fully saturated rings. The first kappa shape index (κ1) is 41.1. The second kappa shape index (κ2) is 16.2. The molecule has 0 aliphatic heterocycles. The smallest absolute Gasteiger partial charge is 0.660 e. The summed E-state index contributed by atoms with van der Waals surface area (Å²) in [5.41, 5.74) is 6.28. The predicted octanol–water partition coefficient (Wildman–Crippen LogP) is 12.5. The molecule has 2 aromatic carbocycles. The Morgan fingerprint density at radius 3 is 1.16 bits per heavy atom. The van der Waals surface area contributed by atoms with Gasteiger partial charge in [-0.2, -0.15) is 49.2 Å². The van der Waals surface area contributed by atoms with Gasteiger partial charge in [-0.15, -0.1) is 29.8 Å². The van der Waals surface area contributed by atoms with E-state index in [1.54, 1.807) is 0 Å². The van der Waals surface area contributed by atoms with Crippen LogP contribution in [0.4, 0.5) is 0 Å². The zero-order chi connectivity index (χ0) is 32.2. The van der Waals surface area contributed by atoms with Crippen LogP contribution in [-0.2, 0) is 21.7 Å². The van der Waals surface area contributed by atoms with Crippen LogP contribution in [0.2, 0.25) is 18.6 Å². The van der Waals surface area contributed by atoms with Crippen LogP contribution in [0.5, 0.6) is 0 Å². The Morgan fingerprint density at radius 2 is 0.911 bits per heavy atom. The third-order valence-electron chi connectivity index (χ3n) is 8.76. The van der Waals surface area contributed by atoms with E-state index in [2.05, 4.69) is 126 Å². The molecule has 0 N–H and O–H groups in total. The summed E-state index contributed by atoms with van der Waals surface area (Å²) in [5.74, 6) is 2.44. The topological polar surface area (TPSA) is 14.1 Å². The molecule has 3 aliphatic rings. The van der Waals surface area contributed by atoms with Gasteiger partial charge in [0.05, 0.1) is 0 Å². The van der Waals surface area contributed by atoms with E-state index in [-0.39, 0.29) is 45.5 Å². The maximum atomic E-state index is 5.47. The van der Waals surface area contributed by atoms with E-state index in [1.165, 1.54) is 11.1 Å². The average molecular weight is 656 g/mol. The van der Waals surface area contributed by atoms with Gasteiger partial charge in [0, 0.05) is 0 Å². The summed E-state index contributed by atoms with van der Waals surface area (Å²) in [6, 6.07) is 19.7. The third kappa shape index (κ3) is 11.7. The first-order chi connectivity index (χ1) is 19.8. The van der Waals surface area contributed by atoms with Gasteiger partial charge in [0.15, 0.2) is 0 Å². The molecule has 1 saturated carbocycles. The predicted molar refractivity (Wildman–Crippen MR) is 200 cm³/mol. The molecule has 0 spiro atoms.